The molecule has 0 aromatic heterocycles. The van der Waals surface area contributed by atoms with Gasteiger partial charge in [-0.3, -0.25) is 4.79 Å². The monoisotopic (exact) mass is 274 g/mol. The zero-order valence-corrected chi connectivity index (χ0v) is 13.0. The van der Waals surface area contributed by atoms with Crippen LogP contribution in [0.5, 0.6) is 0 Å². The maximum atomic E-state index is 12.7. The average Bonchev–Trinajstić information content (AvgIpc) is 2.41. The second-order valence-electron chi connectivity index (χ2n) is 6.49. The van der Waals surface area contributed by atoms with Gasteiger partial charge in [-0.05, 0) is 57.3 Å². The smallest absolute Gasteiger partial charge is 0.230 e. The third-order valence-corrected chi connectivity index (χ3v) is 4.49. The first-order valence-electron chi connectivity index (χ1n) is 7.50. The van der Waals surface area contributed by atoms with Crippen molar-refractivity contribution < 1.29 is 4.79 Å². The maximum Gasteiger partial charge on any atom is 0.230 e. The number of rotatable bonds is 3. The Morgan fingerprint density at radius 2 is 2.05 bits per heavy atom. The molecule has 0 radical (unpaired) electrons. The lowest BCUT2D eigenvalue weighted by Gasteiger charge is -2.34. The van der Waals surface area contributed by atoms with Crippen LogP contribution in [0.4, 0.5) is 0 Å². The fourth-order valence-corrected chi connectivity index (χ4v) is 2.97. The van der Waals surface area contributed by atoms with Crippen molar-refractivity contribution in [3.05, 3.63) is 35.4 Å². The minimum atomic E-state index is -0.490. The summed E-state index contributed by atoms with van der Waals surface area (Å²) in [6.07, 6.45) is 1.01. The van der Waals surface area contributed by atoms with E-state index < -0.39 is 5.41 Å². The minimum absolute atomic E-state index is 0.130. The summed E-state index contributed by atoms with van der Waals surface area (Å²) in [6.45, 7) is 10.2. The Morgan fingerprint density at radius 1 is 1.35 bits per heavy atom. The SMILES string of the molecule is Cc1ccccc1C(C)(C)C(=O)NC1CCNCC1C. The summed E-state index contributed by atoms with van der Waals surface area (Å²) >= 11 is 0. The highest BCUT2D eigenvalue weighted by atomic mass is 16.2. The highest BCUT2D eigenvalue weighted by molar-refractivity contribution is 5.88. The van der Waals surface area contributed by atoms with E-state index in [4.69, 9.17) is 0 Å². The number of hydrogen-bond acceptors (Lipinski definition) is 2. The van der Waals surface area contributed by atoms with Crippen LogP contribution in [0.1, 0.15) is 38.3 Å². The van der Waals surface area contributed by atoms with Crippen LogP contribution in [0.25, 0.3) is 0 Å². The number of carbonyl (C=O) groups is 1. The average molecular weight is 274 g/mol. The molecule has 0 bridgehead atoms. The van der Waals surface area contributed by atoms with E-state index in [0.29, 0.717) is 5.92 Å². The Hall–Kier alpha value is -1.35. The van der Waals surface area contributed by atoms with Crippen molar-refractivity contribution in [3.8, 4) is 0 Å². The van der Waals surface area contributed by atoms with E-state index in [1.54, 1.807) is 0 Å². The summed E-state index contributed by atoms with van der Waals surface area (Å²) in [5.41, 5.74) is 1.79. The summed E-state index contributed by atoms with van der Waals surface area (Å²) in [5.74, 6) is 0.617. The van der Waals surface area contributed by atoms with Gasteiger partial charge in [-0.15, -0.1) is 0 Å². The Labute approximate surface area is 122 Å². The fraction of sp³-hybridized carbons (Fsp3) is 0.588. The predicted molar refractivity (Wildman–Crippen MR) is 82.8 cm³/mol. The van der Waals surface area contributed by atoms with Gasteiger partial charge >= 0.3 is 0 Å². The van der Waals surface area contributed by atoms with Gasteiger partial charge in [-0.1, -0.05) is 31.2 Å². The number of carbonyl (C=O) groups excluding carboxylic acids is 1. The van der Waals surface area contributed by atoms with Crippen molar-refractivity contribution >= 4 is 5.91 Å². The number of hydrogen-bond donors (Lipinski definition) is 2. The lowest BCUT2D eigenvalue weighted by molar-refractivity contribution is -0.126. The Morgan fingerprint density at radius 3 is 2.70 bits per heavy atom. The normalized spacial score (nSPS) is 23.4. The van der Waals surface area contributed by atoms with Gasteiger partial charge in [0, 0.05) is 6.04 Å². The third kappa shape index (κ3) is 3.04. The zero-order valence-electron chi connectivity index (χ0n) is 13.0. The van der Waals surface area contributed by atoms with Gasteiger partial charge in [0.1, 0.15) is 0 Å². The Balaban J connectivity index is 2.13. The molecule has 1 heterocycles. The molecule has 1 saturated heterocycles. The fourth-order valence-electron chi connectivity index (χ4n) is 2.97. The van der Waals surface area contributed by atoms with E-state index in [9.17, 15) is 4.79 Å². The van der Waals surface area contributed by atoms with E-state index >= 15 is 0 Å². The van der Waals surface area contributed by atoms with E-state index in [-0.39, 0.29) is 11.9 Å². The topological polar surface area (TPSA) is 41.1 Å². The Kier molecular flexibility index (Phi) is 4.48. The standard InChI is InChI=1S/C17H26N2O/c1-12-7-5-6-8-14(12)17(3,4)16(20)19-15-9-10-18-11-13(15)2/h5-8,13,15,18H,9-11H2,1-4H3,(H,19,20). The number of nitrogens with one attached hydrogen (secondary N) is 2. The number of aryl methyl sites for hydroxylation is 1. The quantitative estimate of drug-likeness (QED) is 0.888. The largest absolute Gasteiger partial charge is 0.352 e. The van der Waals surface area contributed by atoms with Crippen LogP contribution in [0, 0.1) is 12.8 Å². The first-order valence-corrected chi connectivity index (χ1v) is 7.50. The molecule has 3 nitrogen and oxygen atoms in total. The molecule has 20 heavy (non-hydrogen) atoms. The van der Waals surface area contributed by atoms with Gasteiger partial charge < -0.3 is 10.6 Å². The molecule has 1 aromatic carbocycles. The van der Waals surface area contributed by atoms with Gasteiger partial charge in [0.05, 0.1) is 5.41 Å². The molecule has 2 rings (SSSR count). The Bertz CT molecular complexity index is 482. The summed E-state index contributed by atoms with van der Waals surface area (Å²) in [7, 11) is 0. The molecular weight excluding hydrogens is 248 g/mol. The molecule has 0 spiro atoms. The molecule has 1 aliphatic rings. The molecule has 1 amide bonds. The van der Waals surface area contributed by atoms with Crippen LogP contribution in [0.3, 0.4) is 0 Å². The highest BCUT2D eigenvalue weighted by Crippen LogP contribution is 2.27. The molecule has 0 aliphatic carbocycles. The summed E-state index contributed by atoms with van der Waals surface area (Å²) in [6, 6.07) is 8.43. The van der Waals surface area contributed by atoms with Crippen molar-refractivity contribution in [2.75, 3.05) is 13.1 Å². The van der Waals surface area contributed by atoms with Crippen molar-refractivity contribution in [1.29, 1.82) is 0 Å². The lowest BCUT2D eigenvalue weighted by atomic mass is 9.80. The van der Waals surface area contributed by atoms with E-state index in [1.807, 2.05) is 26.0 Å². The van der Waals surface area contributed by atoms with Gasteiger partial charge in [-0.2, -0.15) is 0 Å². The van der Waals surface area contributed by atoms with Crippen LogP contribution in [-0.2, 0) is 10.2 Å². The van der Waals surface area contributed by atoms with E-state index in [2.05, 4.69) is 36.6 Å². The van der Waals surface area contributed by atoms with Crippen LogP contribution in [-0.4, -0.2) is 25.0 Å². The van der Waals surface area contributed by atoms with Crippen LogP contribution in [0.15, 0.2) is 24.3 Å². The summed E-state index contributed by atoms with van der Waals surface area (Å²) in [5, 5.41) is 6.62. The van der Waals surface area contributed by atoms with Gasteiger partial charge in [0.15, 0.2) is 0 Å². The summed E-state index contributed by atoms with van der Waals surface area (Å²) in [4.78, 5) is 12.7. The molecule has 0 saturated carbocycles. The summed E-state index contributed by atoms with van der Waals surface area (Å²) < 4.78 is 0. The second-order valence-corrected chi connectivity index (χ2v) is 6.49. The van der Waals surface area contributed by atoms with Crippen molar-refractivity contribution in [2.45, 2.75) is 45.6 Å². The first-order chi connectivity index (χ1) is 9.43. The van der Waals surface area contributed by atoms with E-state index in [1.165, 1.54) is 5.56 Å². The van der Waals surface area contributed by atoms with Gasteiger partial charge in [-0.25, -0.2) is 0 Å². The predicted octanol–water partition coefficient (Wildman–Crippen LogP) is 2.39. The van der Waals surface area contributed by atoms with Crippen molar-refractivity contribution in [1.82, 2.24) is 10.6 Å². The minimum Gasteiger partial charge on any atom is -0.352 e. The third-order valence-electron chi connectivity index (χ3n) is 4.49. The number of amides is 1. The molecule has 2 N–H and O–H groups in total. The molecule has 3 heteroatoms. The molecule has 1 aliphatic heterocycles. The van der Waals surface area contributed by atoms with Crippen LogP contribution >= 0.6 is 0 Å². The molecule has 2 atom stereocenters. The molecule has 1 aromatic rings. The highest BCUT2D eigenvalue weighted by Gasteiger charge is 2.33. The van der Waals surface area contributed by atoms with Crippen LogP contribution < -0.4 is 10.6 Å². The molecular formula is C17H26N2O. The van der Waals surface area contributed by atoms with E-state index in [0.717, 1.165) is 25.1 Å². The van der Waals surface area contributed by atoms with Crippen molar-refractivity contribution in [3.63, 3.8) is 0 Å². The zero-order chi connectivity index (χ0) is 14.8. The van der Waals surface area contributed by atoms with Gasteiger partial charge in [0.25, 0.3) is 0 Å². The van der Waals surface area contributed by atoms with Gasteiger partial charge in [0.2, 0.25) is 5.91 Å². The molecule has 1 fully saturated rings. The van der Waals surface area contributed by atoms with Crippen LogP contribution in [0.2, 0.25) is 0 Å². The lowest BCUT2D eigenvalue weighted by Crippen LogP contribution is -2.52. The number of benzene rings is 1. The second kappa shape index (κ2) is 5.96. The maximum absolute atomic E-state index is 12.7. The number of piperidine rings is 1. The molecule has 2 unspecified atom stereocenters. The first kappa shape index (κ1) is 15.0. The molecule has 110 valence electrons. The van der Waals surface area contributed by atoms with Crippen molar-refractivity contribution in [2.24, 2.45) is 5.92 Å².